The van der Waals surface area contributed by atoms with Gasteiger partial charge in [0.05, 0.1) is 41.1 Å². The van der Waals surface area contributed by atoms with Crippen LogP contribution in [0.15, 0.2) is 53.3 Å². The summed E-state index contributed by atoms with van der Waals surface area (Å²) in [5, 5.41) is 13.1. The first kappa shape index (κ1) is 13.5. The first-order valence-corrected chi connectivity index (χ1v) is 5.90. The number of nitrogens with one attached hydrogen (secondary N) is 2. The number of anilines is 1. The highest BCUT2D eigenvalue weighted by atomic mass is 16.2. The number of H-pyrrole nitrogens is 1. The van der Waals surface area contributed by atoms with E-state index in [4.69, 9.17) is 5.11 Å². The molecule has 0 aromatic carbocycles. The second kappa shape index (κ2) is 6.33. The monoisotopic (exact) mass is 270 g/mol. The number of aliphatic hydroxyl groups excluding tert-OH is 1. The summed E-state index contributed by atoms with van der Waals surface area (Å²) in [6, 6.07) is 1.90. The van der Waals surface area contributed by atoms with Crippen molar-refractivity contribution in [1.82, 2.24) is 9.97 Å². The molecule has 20 heavy (non-hydrogen) atoms. The smallest absolute Gasteiger partial charge is 0.155 e. The third-order valence-corrected chi connectivity index (χ3v) is 2.71. The van der Waals surface area contributed by atoms with Gasteiger partial charge < -0.3 is 15.4 Å². The van der Waals surface area contributed by atoms with E-state index in [1.807, 2.05) is 6.07 Å². The summed E-state index contributed by atoms with van der Waals surface area (Å²) in [6.45, 7) is 0. The minimum absolute atomic E-state index is 0.123. The first-order valence-electron chi connectivity index (χ1n) is 5.90. The van der Waals surface area contributed by atoms with E-state index >= 15 is 0 Å². The molecule has 0 fully saturated rings. The number of rotatable bonds is 5. The van der Waals surface area contributed by atoms with Gasteiger partial charge in [0.25, 0.3) is 0 Å². The fourth-order valence-electron chi connectivity index (χ4n) is 1.75. The highest BCUT2D eigenvalue weighted by Gasteiger charge is 2.08. The van der Waals surface area contributed by atoms with Crippen LogP contribution in [-0.4, -0.2) is 34.6 Å². The largest absolute Gasteiger partial charge is 0.515 e. The average molecular weight is 270 g/mol. The maximum atomic E-state index is 11.0. The van der Waals surface area contributed by atoms with Crippen LogP contribution in [0.4, 0.5) is 5.69 Å². The molecule has 0 radical (unpaired) electrons. The SMILES string of the molecule is CN=C/C=C(Nc1cncc2[nH]ccc12)\C(C=O)=C/O. The molecule has 0 aliphatic rings. The van der Waals surface area contributed by atoms with Crippen LogP contribution >= 0.6 is 0 Å². The lowest BCUT2D eigenvalue weighted by Crippen LogP contribution is -2.05. The number of nitrogens with zero attached hydrogens (tertiary/aromatic N) is 2. The normalized spacial score (nSPS) is 13.1. The highest BCUT2D eigenvalue weighted by molar-refractivity contribution is 5.94. The Balaban J connectivity index is 2.42. The van der Waals surface area contributed by atoms with Crippen LogP contribution < -0.4 is 5.32 Å². The Bertz CT molecular complexity index is 698. The number of pyridine rings is 1. The Morgan fingerprint density at radius 3 is 3.05 bits per heavy atom. The molecule has 2 aromatic heterocycles. The standard InChI is InChI=1S/C14H14N4O2/c1-15-4-3-12(10(8-19)9-20)18-14-7-16-6-13-11(14)2-5-17-13/h2-9,17-19H,1H3/b10-8-,12-3+,15-4?. The molecule has 0 spiro atoms. The lowest BCUT2D eigenvalue weighted by atomic mass is 10.2. The van der Waals surface area contributed by atoms with Gasteiger partial charge in [-0.15, -0.1) is 0 Å². The van der Waals surface area contributed by atoms with Gasteiger partial charge in [-0.3, -0.25) is 14.8 Å². The van der Waals surface area contributed by atoms with E-state index in [1.165, 1.54) is 6.21 Å². The molecule has 0 unspecified atom stereocenters. The summed E-state index contributed by atoms with van der Waals surface area (Å²) in [5.74, 6) is 0. The second-order valence-electron chi connectivity index (χ2n) is 3.94. The molecule has 6 heteroatoms. The van der Waals surface area contributed by atoms with Crippen LogP contribution in [0.3, 0.4) is 0 Å². The van der Waals surface area contributed by atoms with Crippen LogP contribution in [0.5, 0.6) is 0 Å². The van der Waals surface area contributed by atoms with Crippen LogP contribution in [-0.2, 0) is 4.79 Å². The summed E-state index contributed by atoms with van der Waals surface area (Å²) in [5.41, 5.74) is 2.15. The Morgan fingerprint density at radius 2 is 2.35 bits per heavy atom. The molecule has 0 saturated heterocycles. The van der Waals surface area contributed by atoms with Gasteiger partial charge in [0.15, 0.2) is 6.29 Å². The van der Waals surface area contributed by atoms with Gasteiger partial charge in [0, 0.05) is 24.8 Å². The average Bonchev–Trinajstić information content (AvgIpc) is 2.95. The summed E-state index contributed by atoms with van der Waals surface area (Å²) in [7, 11) is 1.62. The fourth-order valence-corrected chi connectivity index (χ4v) is 1.75. The topological polar surface area (TPSA) is 90.4 Å². The number of allylic oxidation sites excluding steroid dienone is 2. The predicted octanol–water partition coefficient (Wildman–Crippen LogP) is 2.20. The van der Waals surface area contributed by atoms with Gasteiger partial charge in [0.2, 0.25) is 0 Å². The van der Waals surface area contributed by atoms with E-state index in [-0.39, 0.29) is 5.57 Å². The number of aliphatic imine (C=N–C) groups is 1. The molecule has 102 valence electrons. The van der Waals surface area contributed by atoms with E-state index in [2.05, 4.69) is 20.3 Å². The number of hydrogen-bond acceptors (Lipinski definition) is 5. The minimum atomic E-state index is 0.123. The fraction of sp³-hybridized carbons (Fsp3) is 0.0714. The number of aromatic nitrogens is 2. The summed E-state index contributed by atoms with van der Waals surface area (Å²) < 4.78 is 0. The highest BCUT2D eigenvalue weighted by Crippen LogP contribution is 2.23. The van der Waals surface area contributed by atoms with Crippen molar-refractivity contribution < 1.29 is 9.90 Å². The van der Waals surface area contributed by atoms with Crippen molar-refractivity contribution in [3.8, 4) is 0 Å². The first-order chi connectivity index (χ1) is 9.80. The molecule has 2 aromatic rings. The van der Waals surface area contributed by atoms with Crippen LogP contribution in [0.1, 0.15) is 0 Å². The molecule has 6 nitrogen and oxygen atoms in total. The van der Waals surface area contributed by atoms with Gasteiger partial charge >= 0.3 is 0 Å². The zero-order chi connectivity index (χ0) is 14.4. The number of fused-ring (bicyclic) bond motifs is 1. The van der Waals surface area contributed by atoms with Crippen molar-refractivity contribution in [2.75, 3.05) is 12.4 Å². The van der Waals surface area contributed by atoms with Gasteiger partial charge in [0.1, 0.15) is 0 Å². The molecule has 0 aliphatic heterocycles. The Kier molecular flexibility index (Phi) is 4.28. The van der Waals surface area contributed by atoms with Crippen molar-refractivity contribution in [3.05, 3.63) is 48.3 Å². The van der Waals surface area contributed by atoms with E-state index in [9.17, 15) is 4.79 Å². The zero-order valence-corrected chi connectivity index (χ0v) is 10.9. The van der Waals surface area contributed by atoms with Crippen molar-refractivity contribution in [2.24, 2.45) is 4.99 Å². The van der Waals surface area contributed by atoms with Crippen molar-refractivity contribution in [2.45, 2.75) is 0 Å². The third kappa shape index (κ3) is 2.74. The molecule has 3 N–H and O–H groups in total. The molecule has 2 heterocycles. The lowest BCUT2D eigenvalue weighted by molar-refractivity contribution is -0.104. The lowest BCUT2D eigenvalue weighted by Gasteiger charge is -2.10. The van der Waals surface area contributed by atoms with Gasteiger partial charge in [-0.05, 0) is 12.1 Å². The predicted molar refractivity (Wildman–Crippen MR) is 79.0 cm³/mol. The molecule has 0 atom stereocenters. The number of carbonyl (C=O) groups excluding carboxylic acids is 1. The Hall–Kier alpha value is -2.89. The van der Waals surface area contributed by atoms with Crippen LogP contribution in [0, 0.1) is 0 Å². The van der Waals surface area contributed by atoms with Gasteiger partial charge in [-0.1, -0.05) is 0 Å². The molecule has 0 bridgehead atoms. The number of aliphatic hydroxyl groups is 1. The van der Waals surface area contributed by atoms with Gasteiger partial charge in [-0.2, -0.15) is 0 Å². The molecular weight excluding hydrogens is 256 g/mol. The van der Waals surface area contributed by atoms with Crippen molar-refractivity contribution in [1.29, 1.82) is 0 Å². The maximum absolute atomic E-state index is 11.0. The Labute approximate surface area is 115 Å². The molecule has 0 saturated carbocycles. The number of hydrogen-bond donors (Lipinski definition) is 3. The second-order valence-corrected chi connectivity index (χ2v) is 3.94. The van der Waals surface area contributed by atoms with E-state index in [0.717, 1.165) is 22.9 Å². The summed E-state index contributed by atoms with van der Waals surface area (Å²) in [4.78, 5) is 22.0. The van der Waals surface area contributed by atoms with Crippen molar-refractivity contribution in [3.63, 3.8) is 0 Å². The molecular formula is C14H14N4O2. The number of carbonyl (C=O) groups is 1. The van der Waals surface area contributed by atoms with E-state index in [0.29, 0.717) is 12.0 Å². The zero-order valence-electron chi connectivity index (χ0n) is 10.9. The Morgan fingerprint density at radius 1 is 1.50 bits per heavy atom. The summed E-state index contributed by atoms with van der Waals surface area (Å²) >= 11 is 0. The van der Waals surface area contributed by atoms with Gasteiger partial charge in [-0.25, -0.2) is 0 Å². The number of aromatic amines is 1. The maximum Gasteiger partial charge on any atom is 0.155 e. The van der Waals surface area contributed by atoms with Crippen LogP contribution in [0.2, 0.25) is 0 Å². The van der Waals surface area contributed by atoms with E-state index < -0.39 is 0 Å². The van der Waals surface area contributed by atoms with Crippen LogP contribution in [0.25, 0.3) is 10.9 Å². The third-order valence-electron chi connectivity index (χ3n) is 2.71. The molecule has 0 aliphatic carbocycles. The van der Waals surface area contributed by atoms with E-state index in [1.54, 1.807) is 31.7 Å². The quantitative estimate of drug-likeness (QED) is 0.255. The minimum Gasteiger partial charge on any atom is -0.515 e. The molecule has 0 amide bonds. The molecule has 2 rings (SSSR count). The number of aldehydes is 1. The summed E-state index contributed by atoms with van der Waals surface area (Å²) in [6.07, 6.45) is 9.60. The van der Waals surface area contributed by atoms with Crippen molar-refractivity contribution >= 4 is 29.1 Å².